The molecule has 0 radical (unpaired) electrons. The fourth-order valence-corrected chi connectivity index (χ4v) is 2.13. The highest BCUT2D eigenvalue weighted by atomic mass is 16.6. The molecule has 1 aromatic carbocycles. The van der Waals surface area contributed by atoms with Gasteiger partial charge < -0.3 is 20.5 Å². The normalized spacial score (nSPS) is 15.0. The molecule has 1 aromatic rings. The first-order chi connectivity index (χ1) is 10.4. The van der Waals surface area contributed by atoms with Crippen molar-refractivity contribution < 1.29 is 19.2 Å². The minimum atomic E-state index is -0.746. The SMILES string of the molecule is COc1cc(CCNC(=O)C2(N)CC2)c([N+](=O)[O-])cc1OC. The lowest BCUT2D eigenvalue weighted by Gasteiger charge is -2.12. The molecule has 0 heterocycles. The molecular formula is C14H19N3O5. The predicted molar refractivity (Wildman–Crippen MR) is 79.1 cm³/mol. The van der Waals surface area contributed by atoms with Crippen LogP contribution in [-0.4, -0.2) is 37.1 Å². The number of nitro benzene ring substituents is 1. The summed E-state index contributed by atoms with van der Waals surface area (Å²) in [6.45, 7) is 0.272. The third-order valence-electron chi connectivity index (χ3n) is 3.70. The average Bonchev–Trinajstić information content (AvgIpc) is 3.25. The summed E-state index contributed by atoms with van der Waals surface area (Å²) in [7, 11) is 2.87. The highest BCUT2D eigenvalue weighted by molar-refractivity contribution is 5.88. The lowest BCUT2D eigenvalue weighted by Crippen LogP contribution is -2.43. The Morgan fingerprint density at radius 1 is 1.36 bits per heavy atom. The molecule has 0 unspecified atom stereocenters. The molecule has 1 aliphatic rings. The minimum Gasteiger partial charge on any atom is -0.493 e. The van der Waals surface area contributed by atoms with Gasteiger partial charge in [-0.15, -0.1) is 0 Å². The molecule has 0 aliphatic heterocycles. The molecule has 8 heteroatoms. The van der Waals surface area contributed by atoms with Gasteiger partial charge in [-0.25, -0.2) is 0 Å². The number of carbonyl (C=O) groups excluding carboxylic acids is 1. The van der Waals surface area contributed by atoms with Crippen LogP contribution in [0.1, 0.15) is 18.4 Å². The van der Waals surface area contributed by atoms with Crippen LogP contribution >= 0.6 is 0 Å². The molecule has 0 bridgehead atoms. The zero-order chi connectivity index (χ0) is 16.3. The highest BCUT2D eigenvalue weighted by Crippen LogP contribution is 2.35. The number of ether oxygens (including phenoxy) is 2. The molecule has 0 saturated heterocycles. The Bertz CT molecular complexity index is 598. The average molecular weight is 309 g/mol. The first kappa shape index (κ1) is 16.0. The Balaban J connectivity index is 2.11. The van der Waals surface area contributed by atoms with Crippen LogP contribution in [0.5, 0.6) is 11.5 Å². The van der Waals surface area contributed by atoms with Crippen LogP contribution in [0.4, 0.5) is 5.69 Å². The first-order valence-corrected chi connectivity index (χ1v) is 6.88. The third kappa shape index (κ3) is 3.28. The summed E-state index contributed by atoms with van der Waals surface area (Å²) in [6.07, 6.45) is 1.66. The first-order valence-electron chi connectivity index (χ1n) is 6.88. The number of carbonyl (C=O) groups is 1. The molecule has 8 nitrogen and oxygen atoms in total. The van der Waals surface area contributed by atoms with E-state index < -0.39 is 10.5 Å². The van der Waals surface area contributed by atoms with Gasteiger partial charge in [0.1, 0.15) is 0 Å². The van der Waals surface area contributed by atoms with Gasteiger partial charge in [-0.05, 0) is 25.3 Å². The van der Waals surface area contributed by atoms with E-state index in [1.165, 1.54) is 20.3 Å². The highest BCUT2D eigenvalue weighted by Gasteiger charge is 2.45. The van der Waals surface area contributed by atoms with Gasteiger partial charge in [-0.2, -0.15) is 0 Å². The van der Waals surface area contributed by atoms with Crippen molar-refractivity contribution in [3.63, 3.8) is 0 Å². The molecule has 1 amide bonds. The quantitative estimate of drug-likeness (QED) is 0.567. The Hall–Kier alpha value is -2.35. The van der Waals surface area contributed by atoms with Crippen molar-refractivity contribution in [2.45, 2.75) is 24.8 Å². The lowest BCUT2D eigenvalue weighted by atomic mass is 10.1. The topological polar surface area (TPSA) is 117 Å². The van der Waals surface area contributed by atoms with E-state index in [1.807, 2.05) is 0 Å². The van der Waals surface area contributed by atoms with E-state index in [1.54, 1.807) is 6.07 Å². The van der Waals surface area contributed by atoms with Crippen LogP contribution in [0.3, 0.4) is 0 Å². The summed E-state index contributed by atoms with van der Waals surface area (Å²) >= 11 is 0. The minimum absolute atomic E-state index is 0.0687. The number of nitro groups is 1. The van der Waals surface area contributed by atoms with Crippen molar-refractivity contribution in [1.82, 2.24) is 5.32 Å². The van der Waals surface area contributed by atoms with E-state index >= 15 is 0 Å². The molecule has 120 valence electrons. The van der Waals surface area contributed by atoms with Gasteiger partial charge in [0, 0.05) is 12.1 Å². The van der Waals surface area contributed by atoms with Crippen molar-refractivity contribution in [2.24, 2.45) is 5.73 Å². The number of nitrogens with two attached hydrogens (primary N) is 1. The number of hydrogen-bond donors (Lipinski definition) is 2. The maximum atomic E-state index is 11.7. The second-order valence-electron chi connectivity index (χ2n) is 5.26. The Morgan fingerprint density at radius 2 is 1.95 bits per heavy atom. The van der Waals surface area contributed by atoms with Gasteiger partial charge in [-0.3, -0.25) is 14.9 Å². The Morgan fingerprint density at radius 3 is 2.45 bits per heavy atom. The number of rotatable bonds is 7. The fraction of sp³-hybridized carbons (Fsp3) is 0.500. The molecule has 0 atom stereocenters. The van der Waals surface area contributed by atoms with Crippen LogP contribution in [0.15, 0.2) is 12.1 Å². The molecular weight excluding hydrogens is 290 g/mol. The van der Waals surface area contributed by atoms with Crippen molar-refractivity contribution in [3.8, 4) is 11.5 Å². The molecule has 1 fully saturated rings. The number of hydrogen-bond acceptors (Lipinski definition) is 6. The van der Waals surface area contributed by atoms with Crippen molar-refractivity contribution in [3.05, 3.63) is 27.8 Å². The molecule has 1 aliphatic carbocycles. The monoisotopic (exact) mass is 309 g/mol. The van der Waals surface area contributed by atoms with Gasteiger partial charge in [0.05, 0.1) is 30.7 Å². The van der Waals surface area contributed by atoms with Crippen LogP contribution in [0.2, 0.25) is 0 Å². The zero-order valence-corrected chi connectivity index (χ0v) is 12.5. The summed E-state index contributed by atoms with van der Waals surface area (Å²) in [5.74, 6) is 0.489. The van der Waals surface area contributed by atoms with Crippen molar-refractivity contribution >= 4 is 11.6 Å². The van der Waals surface area contributed by atoms with E-state index in [0.29, 0.717) is 36.3 Å². The second-order valence-corrected chi connectivity index (χ2v) is 5.26. The predicted octanol–water partition coefficient (Wildman–Crippen LogP) is 0.762. The van der Waals surface area contributed by atoms with Crippen LogP contribution < -0.4 is 20.5 Å². The maximum Gasteiger partial charge on any atom is 0.276 e. The number of amides is 1. The van der Waals surface area contributed by atoms with E-state index in [0.717, 1.165) is 0 Å². The van der Waals surface area contributed by atoms with Gasteiger partial charge in [0.15, 0.2) is 11.5 Å². The molecule has 3 N–H and O–H groups in total. The number of methoxy groups -OCH3 is 2. The zero-order valence-electron chi connectivity index (χ0n) is 12.5. The number of nitrogens with zero attached hydrogens (tertiary/aromatic N) is 1. The Labute approximate surface area is 127 Å². The summed E-state index contributed by atoms with van der Waals surface area (Å²) in [6, 6.07) is 2.87. The largest absolute Gasteiger partial charge is 0.493 e. The number of benzene rings is 1. The second kappa shape index (κ2) is 6.18. The van der Waals surface area contributed by atoms with Gasteiger partial charge in [-0.1, -0.05) is 0 Å². The van der Waals surface area contributed by atoms with Gasteiger partial charge in [0.25, 0.3) is 5.69 Å². The molecule has 0 spiro atoms. The molecule has 1 saturated carbocycles. The standard InChI is InChI=1S/C14H19N3O5/c1-21-11-7-9(10(17(19)20)8-12(11)22-2)3-6-16-13(18)14(15)4-5-14/h7-8H,3-6,15H2,1-2H3,(H,16,18). The fourth-order valence-electron chi connectivity index (χ4n) is 2.13. The smallest absolute Gasteiger partial charge is 0.276 e. The summed E-state index contributed by atoms with van der Waals surface area (Å²) < 4.78 is 10.2. The Kier molecular flexibility index (Phi) is 4.51. The van der Waals surface area contributed by atoms with Crippen molar-refractivity contribution in [2.75, 3.05) is 20.8 Å². The maximum absolute atomic E-state index is 11.7. The van der Waals surface area contributed by atoms with E-state index in [2.05, 4.69) is 5.32 Å². The third-order valence-corrected chi connectivity index (χ3v) is 3.70. The summed E-state index contributed by atoms with van der Waals surface area (Å²) in [5, 5.41) is 13.9. The van der Waals surface area contributed by atoms with Crippen LogP contribution in [0.25, 0.3) is 0 Å². The van der Waals surface area contributed by atoms with Crippen molar-refractivity contribution in [1.29, 1.82) is 0 Å². The van der Waals surface area contributed by atoms with E-state index in [9.17, 15) is 14.9 Å². The lowest BCUT2D eigenvalue weighted by molar-refractivity contribution is -0.385. The van der Waals surface area contributed by atoms with Gasteiger partial charge >= 0.3 is 0 Å². The van der Waals surface area contributed by atoms with E-state index in [4.69, 9.17) is 15.2 Å². The summed E-state index contributed by atoms with van der Waals surface area (Å²) in [5.41, 5.74) is 5.42. The van der Waals surface area contributed by atoms with Crippen LogP contribution in [-0.2, 0) is 11.2 Å². The molecule has 0 aromatic heterocycles. The molecule has 22 heavy (non-hydrogen) atoms. The summed E-state index contributed by atoms with van der Waals surface area (Å²) in [4.78, 5) is 22.4. The number of nitrogens with one attached hydrogen (secondary N) is 1. The van der Waals surface area contributed by atoms with E-state index in [-0.39, 0.29) is 18.1 Å². The molecule has 2 rings (SSSR count). The van der Waals surface area contributed by atoms with Gasteiger partial charge in [0.2, 0.25) is 5.91 Å². The van der Waals surface area contributed by atoms with Crippen LogP contribution in [0, 0.1) is 10.1 Å².